The molecular formula is C12H20ClNO. The molecule has 0 N–H and O–H groups in total. The highest BCUT2D eigenvalue weighted by atomic mass is 35.5. The summed E-state index contributed by atoms with van der Waals surface area (Å²) in [5, 5.41) is 0.157. The lowest BCUT2D eigenvalue weighted by Crippen LogP contribution is -2.49. The molecule has 1 saturated carbocycles. The molecular weight excluding hydrogens is 210 g/mol. The third kappa shape index (κ3) is 2.30. The maximum absolute atomic E-state index is 12.2. The SMILES string of the molecule is CC1C(Cl)CCCN1C(=O)C1CCCC1. The molecule has 2 atom stereocenters. The minimum absolute atomic E-state index is 0.157. The Hall–Kier alpha value is -0.240. The Labute approximate surface area is 97.0 Å². The number of carbonyl (C=O) groups excluding carboxylic acids is 1. The van der Waals surface area contributed by atoms with Gasteiger partial charge in [-0.3, -0.25) is 4.79 Å². The summed E-state index contributed by atoms with van der Waals surface area (Å²) in [6, 6.07) is 0.230. The molecule has 1 aliphatic carbocycles. The summed E-state index contributed by atoms with van der Waals surface area (Å²) in [5.74, 6) is 0.666. The molecule has 1 aliphatic heterocycles. The minimum Gasteiger partial charge on any atom is -0.338 e. The molecule has 0 aromatic rings. The zero-order valence-corrected chi connectivity index (χ0v) is 10.2. The second-order valence-corrected chi connectivity index (χ2v) is 5.47. The number of nitrogens with zero attached hydrogens (tertiary/aromatic N) is 1. The van der Waals surface area contributed by atoms with Gasteiger partial charge in [0, 0.05) is 18.5 Å². The first-order valence-electron chi connectivity index (χ1n) is 6.14. The van der Waals surface area contributed by atoms with Crippen molar-refractivity contribution in [2.75, 3.05) is 6.54 Å². The molecule has 1 saturated heterocycles. The summed E-state index contributed by atoms with van der Waals surface area (Å²) in [4.78, 5) is 14.2. The Bertz CT molecular complexity index is 238. The Morgan fingerprint density at radius 2 is 1.87 bits per heavy atom. The number of rotatable bonds is 1. The standard InChI is InChI=1S/C12H20ClNO/c1-9-11(13)7-4-8-14(9)12(15)10-5-2-3-6-10/h9-11H,2-8H2,1H3. The summed E-state index contributed by atoms with van der Waals surface area (Å²) >= 11 is 6.22. The van der Waals surface area contributed by atoms with Crippen molar-refractivity contribution in [2.45, 2.75) is 56.9 Å². The molecule has 86 valence electrons. The van der Waals surface area contributed by atoms with Crippen molar-refractivity contribution in [1.29, 1.82) is 0 Å². The zero-order chi connectivity index (χ0) is 10.8. The molecule has 0 aromatic heterocycles. The van der Waals surface area contributed by atoms with E-state index in [0.29, 0.717) is 11.8 Å². The summed E-state index contributed by atoms with van der Waals surface area (Å²) in [7, 11) is 0. The number of hydrogen-bond acceptors (Lipinski definition) is 1. The Morgan fingerprint density at radius 3 is 2.53 bits per heavy atom. The highest BCUT2D eigenvalue weighted by Crippen LogP contribution is 2.30. The molecule has 2 fully saturated rings. The number of halogens is 1. The van der Waals surface area contributed by atoms with Crippen LogP contribution in [0.15, 0.2) is 0 Å². The van der Waals surface area contributed by atoms with Crippen molar-refractivity contribution in [3.63, 3.8) is 0 Å². The zero-order valence-electron chi connectivity index (χ0n) is 9.42. The lowest BCUT2D eigenvalue weighted by atomic mass is 9.99. The number of piperidine rings is 1. The number of amides is 1. The molecule has 15 heavy (non-hydrogen) atoms. The summed E-state index contributed by atoms with van der Waals surface area (Å²) in [6.45, 7) is 3.00. The fourth-order valence-corrected chi connectivity index (χ4v) is 3.11. The summed E-state index contributed by atoms with van der Waals surface area (Å²) in [6.07, 6.45) is 6.75. The highest BCUT2D eigenvalue weighted by molar-refractivity contribution is 6.21. The molecule has 1 heterocycles. The van der Waals surface area contributed by atoms with Gasteiger partial charge in [-0.2, -0.15) is 0 Å². The molecule has 3 heteroatoms. The van der Waals surface area contributed by atoms with Crippen molar-refractivity contribution in [2.24, 2.45) is 5.92 Å². The third-order valence-electron chi connectivity index (χ3n) is 3.88. The molecule has 0 spiro atoms. The Morgan fingerprint density at radius 1 is 1.20 bits per heavy atom. The van der Waals surface area contributed by atoms with E-state index >= 15 is 0 Å². The Balaban J connectivity index is 1.98. The monoisotopic (exact) mass is 229 g/mol. The summed E-state index contributed by atoms with van der Waals surface area (Å²) in [5.41, 5.74) is 0. The van der Waals surface area contributed by atoms with E-state index in [4.69, 9.17) is 11.6 Å². The second-order valence-electron chi connectivity index (χ2n) is 4.91. The first-order chi connectivity index (χ1) is 7.20. The van der Waals surface area contributed by atoms with Crippen LogP contribution in [0.5, 0.6) is 0 Å². The van der Waals surface area contributed by atoms with E-state index in [1.165, 1.54) is 12.8 Å². The van der Waals surface area contributed by atoms with E-state index in [1.807, 2.05) is 4.90 Å². The van der Waals surface area contributed by atoms with Crippen LogP contribution in [-0.2, 0) is 4.79 Å². The summed E-state index contributed by atoms with van der Waals surface area (Å²) < 4.78 is 0. The maximum atomic E-state index is 12.2. The number of likely N-dealkylation sites (tertiary alicyclic amines) is 1. The first kappa shape index (κ1) is 11.3. The molecule has 0 aromatic carbocycles. The van der Waals surface area contributed by atoms with E-state index in [-0.39, 0.29) is 11.4 Å². The van der Waals surface area contributed by atoms with Crippen LogP contribution in [0.3, 0.4) is 0 Å². The van der Waals surface area contributed by atoms with Crippen LogP contribution < -0.4 is 0 Å². The van der Waals surface area contributed by atoms with Crippen LogP contribution in [-0.4, -0.2) is 28.8 Å². The largest absolute Gasteiger partial charge is 0.338 e. The van der Waals surface area contributed by atoms with Crippen LogP contribution >= 0.6 is 11.6 Å². The van der Waals surface area contributed by atoms with E-state index in [0.717, 1.165) is 32.2 Å². The first-order valence-corrected chi connectivity index (χ1v) is 6.58. The maximum Gasteiger partial charge on any atom is 0.225 e. The molecule has 2 rings (SSSR count). The third-order valence-corrected chi connectivity index (χ3v) is 4.46. The van der Waals surface area contributed by atoms with Crippen molar-refractivity contribution >= 4 is 17.5 Å². The normalized spacial score (nSPS) is 33.3. The van der Waals surface area contributed by atoms with Crippen LogP contribution in [0.1, 0.15) is 45.4 Å². The number of hydrogen-bond donors (Lipinski definition) is 0. The van der Waals surface area contributed by atoms with Gasteiger partial charge in [-0.1, -0.05) is 12.8 Å². The van der Waals surface area contributed by atoms with E-state index in [9.17, 15) is 4.79 Å². The molecule has 2 aliphatic rings. The van der Waals surface area contributed by atoms with Crippen molar-refractivity contribution in [3.8, 4) is 0 Å². The van der Waals surface area contributed by atoms with Gasteiger partial charge in [0.15, 0.2) is 0 Å². The van der Waals surface area contributed by atoms with E-state index in [2.05, 4.69) is 6.92 Å². The predicted octanol–water partition coefficient (Wildman–Crippen LogP) is 2.79. The average molecular weight is 230 g/mol. The van der Waals surface area contributed by atoms with Gasteiger partial charge in [-0.05, 0) is 32.6 Å². The minimum atomic E-state index is 0.157. The van der Waals surface area contributed by atoms with Gasteiger partial charge < -0.3 is 4.90 Å². The quantitative estimate of drug-likeness (QED) is 0.634. The molecule has 0 bridgehead atoms. The molecule has 2 nitrogen and oxygen atoms in total. The highest BCUT2D eigenvalue weighted by Gasteiger charge is 2.34. The molecule has 0 radical (unpaired) electrons. The van der Waals surface area contributed by atoms with Crippen LogP contribution in [0.2, 0.25) is 0 Å². The van der Waals surface area contributed by atoms with Crippen molar-refractivity contribution < 1.29 is 4.79 Å². The average Bonchev–Trinajstić information content (AvgIpc) is 2.74. The van der Waals surface area contributed by atoms with Gasteiger partial charge in [0.1, 0.15) is 0 Å². The van der Waals surface area contributed by atoms with Crippen LogP contribution in [0.4, 0.5) is 0 Å². The number of alkyl halides is 1. The van der Waals surface area contributed by atoms with Crippen LogP contribution in [0.25, 0.3) is 0 Å². The Kier molecular flexibility index (Phi) is 3.55. The lowest BCUT2D eigenvalue weighted by molar-refractivity contribution is -0.138. The molecule has 1 amide bonds. The van der Waals surface area contributed by atoms with Gasteiger partial charge >= 0.3 is 0 Å². The molecule has 2 unspecified atom stereocenters. The fraction of sp³-hybridized carbons (Fsp3) is 0.917. The van der Waals surface area contributed by atoms with Gasteiger partial charge in [0.2, 0.25) is 5.91 Å². The van der Waals surface area contributed by atoms with Crippen molar-refractivity contribution in [3.05, 3.63) is 0 Å². The second kappa shape index (κ2) is 4.73. The lowest BCUT2D eigenvalue weighted by Gasteiger charge is -2.38. The predicted molar refractivity (Wildman–Crippen MR) is 62.0 cm³/mol. The smallest absolute Gasteiger partial charge is 0.225 e. The van der Waals surface area contributed by atoms with E-state index < -0.39 is 0 Å². The number of carbonyl (C=O) groups is 1. The van der Waals surface area contributed by atoms with Crippen LogP contribution in [0, 0.1) is 5.92 Å². The van der Waals surface area contributed by atoms with Crippen molar-refractivity contribution in [1.82, 2.24) is 4.90 Å². The van der Waals surface area contributed by atoms with Gasteiger partial charge in [-0.25, -0.2) is 0 Å². The van der Waals surface area contributed by atoms with Gasteiger partial charge in [0.05, 0.1) is 5.38 Å². The van der Waals surface area contributed by atoms with E-state index in [1.54, 1.807) is 0 Å². The van der Waals surface area contributed by atoms with Gasteiger partial charge in [0.25, 0.3) is 0 Å². The van der Waals surface area contributed by atoms with Gasteiger partial charge in [-0.15, -0.1) is 11.6 Å². The fourth-order valence-electron chi connectivity index (χ4n) is 2.81. The topological polar surface area (TPSA) is 20.3 Å².